The number of aromatic nitrogens is 5. The number of hydrogen-bond acceptors (Lipinski definition) is 4. The Kier molecular flexibility index (Phi) is 3.62. The maximum Gasteiger partial charge on any atom is 0.419 e. The van der Waals surface area contributed by atoms with Crippen molar-refractivity contribution in [1.29, 1.82) is 0 Å². The van der Waals surface area contributed by atoms with Gasteiger partial charge in [-0.2, -0.15) is 27.8 Å². The summed E-state index contributed by atoms with van der Waals surface area (Å²) in [5, 5.41) is 1.92. The Morgan fingerprint density at radius 2 is 1.77 bits per heavy atom. The van der Waals surface area contributed by atoms with Crippen molar-refractivity contribution >= 4 is 40.6 Å². The summed E-state index contributed by atoms with van der Waals surface area (Å²) < 4.78 is 40.6. The zero-order chi connectivity index (χ0) is 16.1. The minimum atomic E-state index is -4.79. The summed E-state index contributed by atoms with van der Waals surface area (Å²) in [7, 11) is 0. The zero-order valence-electron chi connectivity index (χ0n) is 10.2. The average molecular weight is 369 g/mol. The lowest BCUT2D eigenvalue weighted by Gasteiger charge is -2.15. The maximum atomic E-state index is 13.1. The van der Waals surface area contributed by atoms with Crippen molar-refractivity contribution in [1.82, 2.24) is 24.6 Å². The van der Waals surface area contributed by atoms with E-state index in [0.717, 1.165) is 0 Å². The molecular formula is C11H3Cl3F3N5. The summed E-state index contributed by atoms with van der Waals surface area (Å²) in [6.45, 7) is 0. The van der Waals surface area contributed by atoms with E-state index in [1.807, 2.05) is 0 Å². The molecule has 0 radical (unpaired) electrons. The molecule has 0 aliphatic heterocycles. The van der Waals surface area contributed by atoms with E-state index in [-0.39, 0.29) is 17.2 Å². The van der Waals surface area contributed by atoms with Gasteiger partial charge in [-0.3, -0.25) is 0 Å². The third kappa shape index (κ3) is 2.37. The molecule has 11 heteroatoms. The SMILES string of the molecule is FC(F)(F)c1c(Cl)c(Cl)nc(-c2ccnc3ncnn23)c1Cl. The highest BCUT2D eigenvalue weighted by Gasteiger charge is 2.39. The molecule has 0 N–H and O–H groups in total. The number of rotatable bonds is 1. The Morgan fingerprint density at radius 3 is 2.45 bits per heavy atom. The fraction of sp³-hybridized carbons (Fsp3) is 0.0909. The van der Waals surface area contributed by atoms with Crippen LogP contribution in [0.15, 0.2) is 18.6 Å². The second kappa shape index (κ2) is 5.22. The summed E-state index contributed by atoms with van der Waals surface area (Å²) >= 11 is 17.2. The van der Waals surface area contributed by atoms with Crippen molar-refractivity contribution in [3.8, 4) is 11.4 Å². The molecule has 114 valence electrons. The highest BCUT2D eigenvalue weighted by atomic mass is 35.5. The van der Waals surface area contributed by atoms with Gasteiger partial charge in [0, 0.05) is 6.20 Å². The van der Waals surface area contributed by atoms with E-state index < -0.39 is 26.9 Å². The van der Waals surface area contributed by atoms with Crippen LogP contribution in [0.25, 0.3) is 17.2 Å². The van der Waals surface area contributed by atoms with Crippen molar-refractivity contribution in [2.75, 3.05) is 0 Å². The van der Waals surface area contributed by atoms with Crippen LogP contribution in [0.4, 0.5) is 13.2 Å². The first-order valence-electron chi connectivity index (χ1n) is 5.57. The van der Waals surface area contributed by atoms with E-state index in [1.165, 1.54) is 23.1 Å². The summed E-state index contributed by atoms with van der Waals surface area (Å²) in [4.78, 5) is 11.6. The lowest BCUT2D eigenvalue weighted by Crippen LogP contribution is -2.10. The molecular weight excluding hydrogens is 366 g/mol. The molecule has 3 rings (SSSR count). The second-order valence-electron chi connectivity index (χ2n) is 4.05. The molecule has 0 spiro atoms. The minimum absolute atomic E-state index is 0.150. The standard InChI is InChI=1S/C11H3Cl3F3N5/c12-6-5(11(15,16)17)7(13)9(14)21-8(6)4-1-2-18-10-19-3-20-22(4)10/h1-3H. The number of pyridine rings is 1. The number of hydrogen-bond donors (Lipinski definition) is 0. The molecule has 3 aromatic rings. The Hall–Kier alpha value is -1.64. The molecule has 0 aromatic carbocycles. The Labute approximate surface area is 135 Å². The van der Waals surface area contributed by atoms with Gasteiger partial charge in [0.2, 0.25) is 0 Å². The van der Waals surface area contributed by atoms with Gasteiger partial charge in [0.15, 0.2) is 0 Å². The number of halogens is 6. The van der Waals surface area contributed by atoms with Gasteiger partial charge in [0.05, 0.1) is 21.3 Å². The first kappa shape index (κ1) is 15.3. The lowest BCUT2D eigenvalue weighted by molar-refractivity contribution is -0.137. The van der Waals surface area contributed by atoms with Crippen LogP contribution in [0.5, 0.6) is 0 Å². The maximum absolute atomic E-state index is 13.1. The van der Waals surface area contributed by atoms with Gasteiger partial charge >= 0.3 is 6.18 Å². The van der Waals surface area contributed by atoms with E-state index in [4.69, 9.17) is 34.8 Å². The fourth-order valence-corrected chi connectivity index (χ4v) is 2.66. The first-order chi connectivity index (χ1) is 10.3. The average Bonchev–Trinajstić information content (AvgIpc) is 2.90. The molecule has 0 aliphatic carbocycles. The summed E-state index contributed by atoms with van der Waals surface area (Å²) in [5.74, 6) is 0.176. The van der Waals surface area contributed by atoms with Gasteiger partial charge in [0.25, 0.3) is 5.78 Å². The molecule has 0 aliphatic rings. The molecule has 0 bridgehead atoms. The number of alkyl halides is 3. The van der Waals surface area contributed by atoms with Crippen molar-refractivity contribution in [2.24, 2.45) is 0 Å². The van der Waals surface area contributed by atoms with Gasteiger partial charge < -0.3 is 0 Å². The molecule has 0 atom stereocenters. The Morgan fingerprint density at radius 1 is 1.05 bits per heavy atom. The van der Waals surface area contributed by atoms with Crippen LogP contribution in [0.3, 0.4) is 0 Å². The topological polar surface area (TPSA) is 56.0 Å². The molecule has 3 heterocycles. The molecule has 3 aromatic heterocycles. The van der Waals surface area contributed by atoms with Crippen molar-refractivity contribution in [2.45, 2.75) is 6.18 Å². The van der Waals surface area contributed by atoms with Crippen molar-refractivity contribution in [3.63, 3.8) is 0 Å². The second-order valence-corrected chi connectivity index (χ2v) is 5.17. The molecule has 0 unspecified atom stereocenters. The Balaban J connectivity index is 2.38. The molecule has 0 amide bonds. The molecule has 22 heavy (non-hydrogen) atoms. The van der Waals surface area contributed by atoms with Crippen LogP contribution in [0.2, 0.25) is 15.2 Å². The Bertz CT molecular complexity index is 877. The summed E-state index contributed by atoms with van der Waals surface area (Å²) in [5.41, 5.74) is -1.33. The first-order valence-corrected chi connectivity index (χ1v) is 6.71. The molecule has 5 nitrogen and oxygen atoms in total. The molecule has 0 saturated carbocycles. The normalized spacial score (nSPS) is 12.1. The highest BCUT2D eigenvalue weighted by Crippen LogP contribution is 2.45. The van der Waals surface area contributed by atoms with E-state index in [0.29, 0.717) is 0 Å². The van der Waals surface area contributed by atoms with Gasteiger partial charge in [-0.1, -0.05) is 34.8 Å². The van der Waals surface area contributed by atoms with Gasteiger partial charge in [-0.05, 0) is 6.07 Å². The van der Waals surface area contributed by atoms with E-state index in [1.54, 1.807) is 0 Å². The fourth-order valence-electron chi connectivity index (χ4n) is 1.85. The minimum Gasteiger partial charge on any atom is -0.231 e. The molecule has 0 fully saturated rings. The van der Waals surface area contributed by atoms with Crippen LogP contribution in [0, 0.1) is 0 Å². The van der Waals surface area contributed by atoms with Crippen LogP contribution in [-0.2, 0) is 6.18 Å². The van der Waals surface area contributed by atoms with E-state index in [2.05, 4.69) is 20.1 Å². The zero-order valence-corrected chi connectivity index (χ0v) is 12.5. The van der Waals surface area contributed by atoms with Gasteiger partial charge in [0.1, 0.15) is 17.2 Å². The molecule has 0 saturated heterocycles. The summed E-state index contributed by atoms with van der Waals surface area (Å²) in [6, 6.07) is 1.39. The van der Waals surface area contributed by atoms with E-state index in [9.17, 15) is 13.2 Å². The van der Waals surface area contributed by atoms with Crippen molar-refractivity contribution < 1.29 is 13.2 Å². The predicted molar refractivity (Wildman–Crippen MR) is 74.0 cm³/mol. The van der Waals surface area contributed by atoms with Crippen LogP contribution >= 0.6 is 34.8 Å². The number of nitrogens with zero attached hydrogens (tertiary/aromatic N) is 5. The smallest absolute Gasteiger partial charge is 0.231 e. The third-order valence-corrected chi connectivity index (χ3v) is 3.85. The summed E-state index contributed by atoms with van der Waals surface area (Å²) in [6.07, 6.45) is -2.25. The predicted octanol–water partition coefficient (Wildman–Crippen LogP) is 4.17. The van der Waals surface area contributed by atoms with Crippen LogP contribution in [0.1, 0.15) is 5.56 Å². The monoisotopic (exact) mass is 367 g/mol. The number of fused-ring (bicyclic) bond motifs is 1. The van der Waals surface area contributed by atoms with E-state index >= 15 is 0 Å². The third-order valence-electron chi connectivity index (χ3n) is 2.74. The van der Waals surface area contributed by atoms with Gasteiger partial charge in [-0.15, -0.1) is 0 Å². The van der Waals surface area contributed by atoms with Gasteiger partial charge in [-0.25, -0.2) is 9.97 Å². The highest BCUT2D eigenvalue weighted by molar-refractivity contribution is 6.44. The van der Waals surface area contributed by atoms with Crippen molar-refractivity contribution in [3.05, 3.63) is 39.4 Å². The van der Waals surface area contributed by atoms with Crippen LogP contribution < -0.4 is 0 Å². The largest absolute Gasteiger partial charge is 0.419 e. The lowest BCUT2D eigenvalue weighted by atomic mass is 10.1. The quantitative estimate of drug-likeness (QED) is 0.605. The van der Waals surface area contributed by atoms with Crippen LogP contribution in [-0.4, -0.2) is 24.6 Å².